The summed E-state index contributed by atoms with van der Waals surface area (Å²) in [5.41, 5.74) is 7.07. The molecule has 0 heterocycles. The third-order valence-corrected chi connectivity index (χ3v) is 3.32. The summed E-state index contributed by atoms with van der Waals surface area (Å²) < 4.78 is 5.16. The average Bonchev–Trinajstić information content (AvgIpc) is 3.22. The van der Waals surface area contributed by atoms with Gasteiger partial charge in [-0.25, -0.2) is 0 Å². The third kappa shape index (κ3) is 3.38. The van der Waals surface area contributed by atoms with Gasteiger partial charge in [0.2, 0.25) is 11.8 Å². The van der Waals surface area contributed by atoms with E-state index in [1.54, 1.807) is 18.2 Å². The highest BCUT2D eigenvalue weighted by Gasteiger charge is 2.23. The van der Waals surface area contributed by atoms with E-state index in [2.05, 4.69) is 5.32 Å². The van der Waals surface area contributed by atoms with Crippen molar-refractivity contribution in [2.24, 2.45) is 11.7 Å². The number of hydrogen-bond acceptors (Lipinski definition) is 3. The predicted octanol–water partition coefficient (Wildman–Crippen LogP) is 2.09. The molecule has 106 valence electrons. The van der Waals surface area contributed by atoms with Gasteiger partial charge >= 0.3 is 0 Å². The number of anilines is 1. The monoisotopic (exact) mass is 274 g/mol. The number of amides is 2. The number of nitrogens with two attached hydrogens (primary N) is 1. The molecule has 20 heavy (non-hydrogen) atoms. The molecule has 1 aliphatic rings. The molecule has 1 aliphatic carbocycles. The summed E-state index contributed by atoms with van der Waals surface area (Å²) in [6.45, 7) is 1.95. The molecule has 0 aromatic heterocycles. The molecule has 5 heteroatoms. The Bertz CT molecular complexity index is 574. The fraction of sp³-hybridized carbons (Fsp3) is 0.333. The SMILES string of the molecule is COc1ccc(C(N)=O)cc1NC(=O)/C=C(/C)C1CC1. The van der Waals surface area contributed by atoms with Gasteiger partial charge in [0.05, 0.1) is 12.8 Å². The van der Waals surface area contributed by atoms with Crippen molar-refractivity contribution in [2.75, 3.05) is 12.4 Å². The Kier molecular flexibility index (Phi) is 4.08. The molecule has 0 bridgehead atoms. The summed E-state index contributed by atoms with van der Waals surface area (Å²) in [5.74, 6) is 0.252. The molecule has 1 aromatic carbocycles. The molecule has 0 spiro atoms. The van der Waals surface area contributed by atoms with Gasteiger partial charge < -0.3 is 15.8 Å². The van der Waals surface area contributed by atoms with Crippen LogP contribution in [-0.4, -0.2) is 18.9 Å². The van der Waals surface area contributed by atoms with Crippen LogP contribution in [0.5, 0.6) is 5.75 Å². The fourth-order valence-corrected chi connectivity index (χ4v) is 1.99. The van der Waals surface area contributed by atoms with Crippen molar-refractivity contribution in [3.63, 3.8) is 0 Å². The standard InChI is InChI=1S/C15H18N2O3/c1-9(10-3-4-10)7-14(18)17-12-8-11(15(16)19)5-6-13(12)20-2/h5-8,10H,3-4H2,1-2H3,(H2,16,19)(H,17,18)/b9-7-. The number of hydrogen-bond donors (Lipinski definition) is 2. The molecule has 0 unspecified atom stereocenters. The van der Waals surface area contributed by atoms with E-state index in [0.29, 0.717) is 22.9 Å². The van der Waals surface area contributed by atoms with Crippen molar-refractivity contribution >= 4 is 17.5 Å². The summed E-state index contributed by atoms with van der Waals surface area (Å²) in [6.07, 6.45) is 3.89. The number of benzene rings is 1. The van der Waals surface area contributed by atoms with Gasteiger partial charge in [0, 0.05) is 11.6 Å². The Morgan fingerprint density at radius 3 is 2.65 bits per heavy atom. The van der Waals surface area contributed by atoms with Gasteiger partial charge in [-0.15, -0.1) is 0 Å². The number of nitrogens with one attached hydrogen (secondary N) is 1. The second kappa shape index (κ2) is 5.77. The van der Waals surface area contributed by atoms with E-state index in [-0.39, 0.29) is 5.91 Å². The molecule has 1 aromatic rings. The van der Waals surface area contributed by atoms with Gasteiger partial charge in [-0.1, -0.05) is 5.57 Å². The van der Waals surface area contributed by atoms with Crippen molar-refractivity contribution in [3.8, 4) is 5.75 Å². The van der Waals surface area contributed by atoms with Crippen LogP contribution < -0.4 is 15.8 Å². The maximum absolute atomic E-state index is 11.9. The second-order valence-electron chi connectivity index (χ2n) is 4.93. The molecule has 1 saturated carbocycles. The van der Waals surface area contributed by atoms with Gasteiger partial charge in [0.25, 0.3) is 0 Å². The highest BCUT2D eigenvalue weighted by molar-refractivity contribution is 6.02. The van der Waals surface area contributed by atoms with Crippen LogP contribution >= 0.6 is 0 Å². The number of methoxy groups -OCH3 is 1. The number of rotatable bonds is 5. The van der Waals surface area contributed by atoms with Gasteiger partial charge in [0.1, 0.15) is 5.75 Å². The normalized spacial score (nSPS) is 14.8. The highest BCUT2D eigenvalue weighted by Crippen LogP contribution is 2.36. The Hall–Kier alpha value is -2.30. The Morgan fingerprint density at radius 1 is 1.40 bits per heavy atom. The van der Waals surface area contributed by atoms with E-state index < -0.39 is 5.91 Å². The average molecular weight is 274 g/mol. The molecular formula is C15H18N2O3. The van der Waals surface area contributed by atoms with E-state index in [1.807, 2.05) is 6.92 Å². The Balaban J connectivity index is 2.18. The van der Waals surface area contributed by atoms with E-state index in [0.717, 1.165) is 18.4 Å². The van der Waals surface area contributed by atoms with Crippen LogP contribution in [-0.2, 0) is 4.79 Å². The number of allylic oxidation sites excluding steroid dienone is 1. The molecule has 2 rings (SSSR count). The first-order chi connectivity index (χ1) is 9.51. The van der Waals surface area contributed by atoms with Crippen LogP contribution in [0.15, 0.2) is 29.8 Å². The minimum atomic E-state index is -0.548. The van der Waals surface area contributed by atoms with E-state index in [1.165, 1.54) is 13.2 Å². The lowest BCUT2D eigenvalue weighted by Crippen LogP contribution is -2.14. The summed E-state index contributed by atoms with van der Waals surface area (Å²) >= 11 is 0. The zero-order valence-electron chi connectivity index (χ0n) is 11.6. The molecule has 1 fully saturated rings. The first-order valence-electron chi connectivity index (χ1n) is 6.48. The topological polar surface area (TPSA) is 81.4 Å². The number of carbonyl (C=O) groups is 2. The highest BCUT2D eigenvalue weighted by atomic mass is 16.5. The third-order valence-electron chi connectivity index (χ3n) is 3.32. The van der Waals surface area contributed by atoms with Crippen molar-refractivity contribution in [1.82, 2.24) is 0 Å². The molecule has 3 N–H and O–H groups in total. The summed E-state index contributed by atoms with van der Waals surface area (Å²) in [4.78, 5) is 23.1. The van der Waals surface area contributed by atoms with Crippen LogP contribution in [0.4, 0.5) is 5.69 Å². The fourth-order valence-electron chi connectivity index (χ4n) is 1.99. The van der Waals surface area contributed by atoms with Crippen LogP contribution in [0.3, 0.4) is 0 Å². The van der Waals surface area contributed by atoms with Gasteiger partial charge in [0.15, 0.2) is 0 Å². The second-order valence-corrected chi connectivity index (χ2v) is 4.93. The maximum Gasteiger partial charge on any atom is 0.248 e. The summed E-state index contributed by atoms with van der Waals surface area (Å²) in [6, 6.07) is 4.68. The molecule has 0 atom stereocenters. The summed E-state index contributed by atoms with van der Waals surface area (Å²) in [5, 5.41) is 2.72. The molecule has 0 aliphatic heterocycles. The number of carbonyl (C=O) groups excluding carboxylic acids is 2. The van der Waals surface area contributed by atoms with Crippen molar-refractivity contribution in [3.05, 3.63) is 35.4 Å². The largest absolute Gasteiger partial charge is 0.495 e. The lowest BCUT2D eigenvalue weighted by molar-refractivity contribution is -0.112. The zero-order chi connectivity index (χ0) is 14.7. The minimum absolute atomic E-state index is 0.227. The Morgan fingerprint density at radius 2 is 2.10 bits per heavy atom. The van der Waals surface area contributed by atoms with E-state index in [4.69, 9.17) is 10.5 Å². The van der Waals surface area contributed by atoms with Crippen molar-refractivity contribution in [1.29, 1.82) is 0 Å². The molecule has 0 saturated heterocycles. The first kappa shape index (κ1) is 14.1. The van der Waals surface area contributed by atoms with Crippen LogP contribution in [0.25, 0.3) is 0 Å². The van der Waals surface area contributed by atoms with Crippen LogP contribution in [0.2, 0.25) is 0 Å². The first-order valence-corrected chi connectivity index (χ1v) is 6.48. The molecule has 0 radical (unpaired) electrons. The minimum Gasteiger partial charge on any atom is -0.495 e. The maximum atomic E-state index is 11.9. The van der Waals surface area contributed by atoms with Crippen LogP contribution in [0.1, 0.15) is 30.1 Å². The lowest BCUT2D eigenvalue weighted by atomic mass is 10.1. The van der Waals surface area contributed by atoms with Gasteiger partial charge in [-0.3, -0.25) is 9.59 Å². The zero-order valence-corrected chi connectivity index (χ0v) is 11.6. The smallest absolute Gasteiger partial charge is 0.248 e. The number of ether oxygens (including phenoxy) is 1. The lowest BCUT2D eigenvalue weighted by Gasteiger charge is -2.10. The number of primary amides is 1. The van der Waals surface area contributed by atoms with Crippen molar-refractivity contribution < 1.29 is 14.3 Å². The molecular weight excluding hydrogens is 256 g/mol. The van der Waals surface area contributed by atoms with Gasteiger partial charge in [-0.2, -0.15) is 0 Å². The molecule has 2 amide bonds. The van der Waals surface area contributed by atoms with Crippen LogP contribution in [0, 0.1) is 5.92 Å². The Labute approximate surface area is 117 Å². The van der Waals surface area contributed by atoms with Gasteiger partial charge in [-0.05, 0) is 43.9 Å². The van der Waals surface area contributed by atoms with E-state index in [9.17, 15) is 9.59 Å². The van der Waals surface area contributed by atoms with E-state index >= 15 is 0 Å². The summed E-state index contributed by atoms with van der Waals surface area (Å²) in [7, 11) is 1.50. The molecule has 5 nitrogen and oxygen atoms in total. The van der Waals surface area contributed by atoms with Crippen molar-refractivity contribution in [2.45, 2.75) is 19.8 Å². The quantitative estimate of drug-likeness (QED) is 0.807. The predicted molar refractivity (Wildman–Crippen MR) is 76.6 cm³/mol.